The van der Waals surface area contributed by atoms with Crippen molar-refractivity contribution in [3.63, 3.8) is 0 Å². The summed E-state index contributed by atoms with van der Waals surface area (Å²) in [4.78, 5) is 0. The van der Waals surface area contributed by atoms with Crippen molar-refractivity contribution < 1.29 is 22.3 Å². The molecule has 32 heavy (non-hydrogen) atoms. The van der Waals surface area contributed by atoms with E-state index in [1.165, 1.54) is 51.4 Å². The summed E-state index contributed by atoms with van der Waals surface area (Å²) in [7, 11) is -4.34. The Hall–Kier alpha value is -0.170. The first kappa shape index (κ1) is 24.9. The zero-order valence-corrected chi connectivity index (χ0v) is 21.4. The molecule has 0 bridgehead atoms. The van der Waals surface area contributed by atoms with Crippen LogP contribution in [0.3, 0.4) is 0 Å². The summed E-state index contributed by atoms with van der Waals surface area (Å²) in [5.74, 6) is 3.97. The molecular weight excluding hydrogens is 424 g/mol. The van der Waals surface area contributed by atoms with Crippen LogP contribution in [0.4, 0.5) is 0 Å². The molecule has 0 aliphatic heterocycles. The molecule has 0 saturated heterocycles. The first-order valence-electron chi connectivity index (χ1n) is 13.3. The Morgan fingerprint density at radius 2 is 1.72 bits per heavy atom. The van der Waals surface area contributed by atoms with Crippen LogP contribution in [0, 0.1) is 52.3 Å². The first-order valence-corrected chi connectivity index (χ1v) is 14.7. The molecule has 4 unspecified atom stereocenters. The highest BCUT2D eigenvalue weighted by molar-refractivity contribution is 7.80. The van der Waals surface area contributed by atoms with Gasteiger partial charge < -0.3 is 5.11 Å². The number of fused-ring (bicyclic) bond motifs is 5. The maximum absolute atomic E-state index is 11.8. The molecule has 4 aliphatic carbocycles. The molecule has 0 heterocycles. The molecule has 0 amide bonds. The lowest BCUT2D eigenvalue weighted by molar-refractivity contribution is -0.194. The van der Waals surface area contributed by atoms with Gasteiger partial charge in [-0.05, 0) is 104 Å². The predicted octanol–water partition coefficient (Wildman–Crippen LogP) is 5.88. The van der Waals surface area contributed by atoms with Gasteiger partial charge in [0.2, 0.25) is 0 Å². The fourth-order valence-electron chi connectivity index (χ4n) is 9.78. The second-order valence-electron chi connectivity index (χ2n) is 12.3. The molecule has 0 aromatic rings. The molecule has 0 spiro atoms. The smallest absolute Gasteiger partial charge is 0.393 e. The summed E-state index contributed by atoms with van der Waals surface area (Å²) in [6.07, 6.45) is 12.8. The third-order valence-corrected chi connectivity index (χ3v) is 11.6. The van der Waals surface area contributed by atoms with Gasteiger partial charge in [-0.15, -0.1) is 0 Å². The Labute approximate surface area is 196 Å². The highest BCUT2D eigenvalue weighted by atomic mass is 32.3. The van der Waals surface area contributed by atoms with Crippen LogP contribution in [-0.2, 0) is 14.6 Å². The Kier molecular flexibility index (Phi) is 7.11. The van der Waals surface area contributed by atoms with E-state index < -0.39 is 10.4 Å². The summed E-state index contributed by atoms with van der Waals surface area (Å²) in [6, 6.07) is 0. The van der Waals surface area contributed by atoms with Crippen molar-refractivity contribution in [2.45, 2.75) is 104 Å². The molecule has 0 aromatic heterocycles. The lowest BCUT2D eigenvalue weighted by atomic mass is 9.41. The van der Waals surface area contributed by atoms with Gasteiger partial charge in [0, 0.05) is 0 Å². The van der Waals surface area contributed by atoms with Gasteiger partial charge in [0.05, 0.1) is 12.7 Å². The third kappa shape index (κ3) is 4.20. The van der Waals surface area contributed by atoms with Gasteiger partial charge in [0.15, 0.2) is 0 Å². The third-order valence-electron chi connectivity index (χ3n) is 11.1. The zero-order chi connectivity index (χ0) is 23.3. The van der Waals surface area contributed by atoms with Crippen molar-refractivity contribution in [1.29, 1.82) is 0 Å². The average molecular weight is 471 g/mol. The van der Waals surface area contributed by atoms with E-state index in [2.05, 4.69) is 31.9 Å². The number of hydrogen-bond donors (Lipinski definition) is 2. The fourth-order valence-corrected chi connectivity index (χ4v) is 10.1. The minimum Gasteiger partial charge on any atom is -0.393 e. The molecule has 0 radical (unpaired) electrons. The molecule has 5 nitrogen and oxygen atoms in total. The first-order chi connectivity index (χ1) is 15.0. The van der Waals surface area contributed by atoms with Gasteiger partial charge in [-0.3, -0.25) is 4.55 Å². The van der Waals surface area contributed by atoms with Crippen LogP contribution in [0.1, 0.15) is 98.3 Å². The summed E-state index contributed by atoms with van der Waals surface area (Å²) in [5.41, 5.74) is 0.669. The molecule has 2 N–H and O–H groups in total. The van der Waals surface area contributed by atoms with Crippen molar-refractivity contribution in [3.05, 3.63) is 0 Å². The monoisotopic (exact) mass is 470 g/mol. The minimum atomic E-state index is -4.34. The van der Waals surface area contributed by atoms with Gasteiger partial charge in [-0.1, -0.05) is 47.0 Å². The second kappa shape index (κ2) is 9.13. The molecule has 4 aliphatic rings. The van der Waals surface area contributed by atoms with E-state index in [4.69, 9.17) is 4.55 Å². The number of aliphatic hydroxyl groups is 1. The Bertz CT molecular complexity index is 768. The van der Waals surface area contributed by atoms with Crippen molar-refractivity contribution in [1.82, 2.24) is 0 Å². The molecule has 186 valence electrons. The molecule has 4 fully saturated rings. The van der Waals surface area contributed by atoms with Crippen molar-refractivity contribution in [2.24, 2.45) is 52.3 Å². The molecule has 10 atom stereocenters. The van der Waals surface area contributed by atoms with E-state index in [0.29, 0.717) is 53.3 Å². The predicted molar refractivity (Wildman–Crippen MR) is 126 cm³/mol. The van der Waals surface area contributed by atoms with Crippen LogP contribution < -0.4 is 0 Å². The Morgan fingerprint density at radius 3 is 2.41 bits per heavy atom. The normalized spacial score (nSPS) is 47.4. The molecule has 6 heteroatoms. The Morgan fingerprint density at radius 1 is 1.00 bits per heavy atom. The van der Waals surface area contributed by atoms with Crippen molar-refractivity contribution in [2.75, 3.05) is 6.61 Å². The highest BCUT2D eigenvalue weighted by Gasteiger charge is 2.64. The Balaban J connectivity index is 1.50. The zero-order valence-electron chi connectivity index (χ0n) is 20.6. The van der Waals surface area contributed by atoms with Gasteiger partial charge in [-0.2, -0.15) is 8.42 Å². The topological polar surface area (TPSA) is 83.8 Å². The maximum Gasteiger partial charge on any atom is 0.397 e. The molecular formula is C26H46O5S. The van der Waals surface area contributed by atoms with Crippen LogP contribution in [0.5, 0.6) is 0 Å². The van der Waals surface area contributed by atoms with E-state index in [0.717, 1.165) is 12.8 Å². The number of hydrogen-bond acceptors (Lipinski definition) is 4. The van der Waals surface area contributed by atoms with Crippen LogP contribution in [0.2, 0.25) is 0 Å². The van der Waals surface area contributed by atoms with E-state index in [1.54, 1.807) is 0 Å². The van der Waals surface area contributed by atoms with Gasteiger partial charge in [0.25, 0.3) is 0 Å². The standard InChI is InChI=1S/C26H46O5S/c1-5-18-20-10-6-7-14-25(20,3)22-13-15-26(4)19(11-12-21(26)23(22)24(18)27)17(2)9-8-16-31-32(28,29)30/h17-24,27H,5-16H2,1-4H3,(H,28,29,30)/t17-,18-,19-,20+,21?,22?,23?,24?,25+,26-/m1/s1. The SMILES string of the molecule is CC[C@H]1C(O)C2C3CC[C@H]([C@H](C)CCCOS(=O)(=O)O)[C@@]3(C)CCC2[C@@]2(C)CCCC[C@@H]12. The van der Waals surface area contributed by atoms with Gasteiger partial charge in [-0.25, -0.2) is 4.18 Å². The summed E-state index contributed by atoms with van der Waals surface area (Å²) in [5, 5.41) is 11.8. The molecule has 4 rings (SSSR count). The van der Waals surface area contributed by atoms with E-state index in [1.807, 2.05) is 0 Å². The second-order valence-corrected chi connectivity index (χ2v) is 13.4. The minimum absolute atomic E-state index is 0.0529. The lowest BCUT2D eigenvalue weighted by Gasteiger charge is -2.64. The van der Waals surface area contributed by atoms with E-state index in [-0.39, 0.29) is 18.1 Å². The lowest BCUT2D eigenvalue weighted by Crippen LogP contribution is -2.61. The average Bonchev–Trinajstić information content (AvgIpc) is 3.08. The summed E-state index contributed by atoms with van der Waals surface area (Å²) >= 11 is 0. The summed E-state index contributed by atoms with van der Waals surface area (Å²) < 4.78 is 35.0. The number of aliphatic hydroxyl groups excluding tert-OH is 1. The number of rotatable bonds is 7. The van der Waals surface area contributed by atoms with Gasteiger partial charge in [0.1, 0.15) is 0 Å². The van der Waals surface area contributed by atoms with Crippen LogP contribution >= 0.6 is 0 Å². The van der Waals surface area contributed by atoms with E-state index >= 15 is 0 Å². The molecule has 0 aromatic carbocycles. The van der Waals surface area contributed by atoms with Gasteiger partial charge >= 0.3 is 10.4 Å². The van der Waals surface area contributed by atoms with Crippen LogP contribution in [0.15, 0.2) is 0 Å². The fraction of sp³-hybridized carbons (Fsp3) is 1.00. The maximum atomic E-state index is 11.8. The van der Waals surface area contributed by atoms with Crippen LogP contribution in [0.25, 0.3) is 0 Å². The van der Waals surface area contributed by atoms with Crippen LogP contribution in [-0.4, -0.2) is 30.8 Å². The van der Waals surface area contributed by atoms with Crippen molar-refractivity contribution in [3.8, 4) is 0 Å². The quantitative estimate of drug-likeness (QED) is 0.359. The largest absolute Gasteiger partial charge is 0.397 e. The summed E-state index contributed by atoms with van der Waals surface area (Å²) in [6.45, 7) is 9.73. The van der Waals surface area contributed by atoms with E-state index in [9.17, 15) is 13.5 Å². The highest BCUT2D eigenvalue weighted by Crippen LogP contribution is 2.69. The van der Waals surface area contributed by atoms with Crippen molar-refractivity contribution >= 4 is 10.4 Å². The molecule has 4 saturated carbocycles.